The van der Waals surface area contributed by atoms with Gasteiger partial charge in [0.1, 0.15) is 23.7 Å². The number of nitrogens with one attached hydrogen (secondary N) is 2. The molecule has 0 aliphatic heterocycles. The molecule has 0 fully saturated rings. The number of hydrogen-bond acceptors (Lipinski definition) is 6. The fourth-order valence-electron chi connectivity index (χ4n) is 2.67. The third-order valence-corrected chi connectivity index (χ3v) is 3.87. The molecule has 0 aromatic carbocycles. The first-order valence-corrected chi connectivity index (χ1v) is 8.35. The van der Waals surface area contributed by atoms with Crippen molar-refractivity contribution in [1.82, 2.24) is 25.1 Å². The van der Waals surface area contributed by atoms with E-state index in [9.17, 15) is 4.79 Å². The summed E-state index contributed by atoms with van der Waals surface area (Å²) in [4.78, 5) is 20.8. The van der Waals surface area contributed by atoms with Crippen molar-refractivity contribution in [3.8, 4) is 0 Å². The number of aryl methyl sites for hydroxylation is 2. The summed E-state index contributed by atoms with van der Waals surface area (Å²) >= 11 is 0. The van der Waals surface area contributed by atoms with Gasteiger partial charge in [-0.2, -0.15) is 5.10 Å². The molecule has 3 aromatic heterocycles. The van der Waals surface area contributed by atoms with E-state index in [0.717, 1.165) is 35.6 Å². The highest BCUT2D eigenvalue weighted by atomic mass is 16.3. The number of furan rings is 1. The molecule has 25 heavy (non-hydrogen) atoms. The number of amides is 1. The Morgan fingerprint density at radius 2 is 2.12 bits per heavy atom. The Labute approximate surface area is 145 Å². The third kappa shape index (κ3) is 3.62. The second-order valence-corrected chi connectivity index (χ2v) is 5.84. The van der Waals surface area contributed by atoms with Crippen molar-refractivity contribution >= 4 is 22.8 Å². The van der Waals surface area contributed by atoms with Crippen molar-refractivity contribution in [2.24, 2.45) is 0 Å². The summed E-state index contributed by atoms with van der Waals surface area (Å²) in [7, 11) is 0. The molecule has 8 nitrogen and oxygen atoms in total. The molecule has 0 spiro atoms. The van der Waals surface area contributed by atoms with Crippen LogP contribution in [0.25, 0.3) is 11.0 Å². The molecule has 0 aliphatic rings. The average Bonchev–Trinajstić information content (AvgIpc) is 3.16. The highest BCUT2D eigenvalue weighted by molar-refractivity contribution is 5.95. The molecule has 3 aromatic rings. The van der Waals surface area contributed by atoms with Crippen LogP contribution in [0.4, 0.5) is 5.82 Å². The zero-order chi connectivity index (χ0) is 17.8. The van der Waals surface area contributed by atoms with E-state index < -0.39 is 0 Å². The molecule has 1 amide bonds. The first kappa shape index (κ1) is 16.9. The van der Waals surface area contributed by atoms with Crippen LogP contribution in [-0.4, -0.2) is 38.7 Å². The van der Waals surface area contributed by atoms with Crippen molar-refractivity contribution in [2.45, 2.75) is 33.7 Å². The molecular weight excluding hydrogens is 320 g/mol. The summed E-state index contributed by atoms with van der Waals surface area (Å²) in [6, 6.07) is 1.74. The third-order valence-electron chi connectivity index (χ3n) is 3.87. The number of rotatable bonds is 7. The Bertz CT molecular complexity index is 883. The molecule has 0 saturated carbocycles. The van der Waals surface area contributed by atoms with Crippen LogP contribution in [0, 0.1) is 13.8 Å². The molecule has 3 heterocycles. The van der Waals surface area contributed by atoms with Gasteiger partial charge >= 0.3 is 0 Å². The quantitative estimate of drug-likeness (QED) is 0.684. The molecule has 0 saturated heterocycles. The van der Waals surface area contributed by atoms with E-state index in [4.69, 9.17) is 4.42 Å². The minimum atomic E-state index is -0.147. The van der Waals surface area contributed by atoms with Crippen molar-refractivity contribution < 1.29 is 9.21 Å². The lowest BCUT2D eigenvalue weighted by Crippen LogP contribution is -2.27. The zero-order valence-electron chi connectivity index (χ0n) is 14.7. The molecular formula is C17H22N6O2. The number of aromatic nitrogens is 4. The monoisotopic (exact) mass is 342 g/mol. The number of nitrogens with zero attached hydrogens (tertiary/aromatic N) is 4. The van der Waals surface area contributed by atoms with Crippen molar-refractivity contribution in [2.75, 3.05) is 18.4 Å². The van der Waals surface area contributed by atoms with Gasteiger partial charge in [-0.15, -0.1) is 0 Å². The summed E-state index contributed by atoms with van der Waals surface area (Å²) in [6.45, 7) is 7.52. The van der Waals surface area contributed by atoms with Crippen LogP contribution < -0.4 is 10.6 Å². The smallest absolute Gasteiger partial charge is 0.254 e. The lowest BCUT2D eigenvalue weighted by Gasteiger charge is -2.07. The second-order valence-electron chi connectivity index (χ2n) is 5.84. The van der Waals surface area contributed by atoms with Crippen LogP contribution in [0.2, 0.25) is 0 Å². The molecule has 0 bridgehead atoms. The molecule has 0 radical (unpaired) electrons. The topological polar surface area (TPSA) is 97.9 Å². The molecule has 0 atom stereocenters. The van der Waals surface area contributed by atoms with Gasteiger partial charge in [-0.3, -0.25) is 4.79 Å². The minimum absolute atomic E-state index is 0.147. The molecule has 132 valence electrons. The van der Waals surface area contributed by atoms with Gasteiger partial charge < -0.3 is 15.1 Å². The van der Waals surface area contributed by atoms with Crippen molar-refractivity contribution in [3.05, 3.63) is 35.7 Å². The van der Waals surface area contributed by atoms with E-state index in [1.165, 1.54) is 6.33 Å². The number of hydrogen-bond donors (Lipinski definition) is 2. The lowest BCUT2D eigenvalue weighted by atomic mass is 10.2. The summed E-state index contributed by atoms with van der Waals surface area (Å²) in [5, 5.41) is 11.4. The van der Waals surface area contributed by atoms with E-state index >= 15 is 0 Å². The Morgan fingerprint density at radius 3 is 2.84 bits per heavy atom. The fraction of sp³-hybridized carbons (Fsp3) is 0.412. The first-order chi connectivity index (χ1) is 12.1. The molecule has 0 aliphatic carbocycles. The summed E-state index contributed by atoms with van der Waals surface area (Å²) in [5.41, 5.74) is 1.31. The van der Waals surface area contributed by atoms with Gasteiger partial charge in [0, 0.05) is 13.1 Å². The Kier molecular flexibility index (Phi) is 4.97. The van der Waals surface area contributed by atoms with Gasteiger partial charge in [-0.25, -0.2) is 14.6 Å². The van der Waals surface area contributed by atoms with E-state index in [1.807, 2.05) is 6.92 Å². The SMILES string of the molecule is CCCNc1ncnc2c1cnn2CCNC(=O)c1cc(C)oc1C. The maximum absolute atomic E-state index is 12.2. The van der Waals surface area contributed by atoms with Gasteiger partial charge in [0.15, 0.2) is 5.65 Å². The number of fused-ring (bicyclic) bond motifs is 1. The number of anilines is 1. The molecule has 0 unspecified atom stereocenters. The first-order valence-electron chi connectivity index (χ1n) is 8.35. The van der Waals surface area contributed by atoms with Gasteiger partial charge in [0.25, 0.3) is 5.91 Å². The van der Waals surface area contributed by atoms with Crippen molar-refractivity contribution in [3.63, 3.8) is 0 Å². The van der Waals surface area contributed by atoms with Gasteiger partial charge in [0.2, 0.25) is 0 Å². The van der Waals surface area contributed by atoms with E-state index in [2.05, 4.69) is 32.6 Å². The summed E-state index contributed by atoms with van der Waals surface area (Å²) in [6.07, 6.45) is 4.28. The van der Waals surface area contributed by atoms with Crippen LogP contribution in [0.3, 0.4) is 0 Å². The average molecular weight is 342 g/mol. The van der Waals surface area contributed by atoms with E-state index in [0.29, 0.717) is 24.4 Å². The summed E-state index contributed by atoms with van der Waals surface area (Å²) in [5.74, 6) is 1.99. The fourth-order valence-corrected chi connectivity index (χ4v) is 2.67. The maximum atomic E-state index is 12.2. The largest absolute Gasteiger partial charge is 0.466 e. The molecule has 2 N–H and O–H groups in total. The van der Waals surface area contributed by atoms with Crippen LogP contribution >= 0.6 is 0 Å². The van der Waals surface area contributed by atoms with Crippen LogP contribution in [0.5, 0.6) is 0 Å². The second kappa shape index (κ2) is 7.33. The Hall–Kier alpha value is -2.90. The summed E-state index contributed by atoms with van der Waals surface area (Å²) < 4.78 is 7.15. The lowest BCUT2D eigenvalue weighted by molar-refractivity contribution is 0.0950. The van der Waals surface area contributed by atoms with Crippen molar-refractivity contribution in [1.29, 1.82) is 0 Å². The van der Waals surface area contributed by atoms with Crippen LogP contribution in [0.1, 0.15) is 35.2 Å². The predicted octanol–water partition coefficient (Wildman–Crippen LogP) is 2.29. The van der Waals surface area contributed by atoms with Crippen LogP contribution in [0.15, 0.2) is 23.0 Å². The molecule has 8 heteroatoms. The molecule has 3 rings (SSSR count). The minimum Gasteiger partial charge on any atom is -0.466 e. The predicted molar refractivity (Wildman–Crippen MR) is 94.6 cm³/mol. The van der Waals surface area contributed by atoms with Gasteiger partial charge in [-0.1, -0.05) is 6.92 Å². The standard InChI is InChI=1S/C17H22N6O2/c1-4-5-18-15-14-9-22-23(16(14)21-10-20-15)7-6-19-17(24)13-8-11(2)25-12(13)3/h8-10H,4-7H2,1-3H3,(H,19,24)(H,18,20,21). The van der Waals surface area contributed by atoms with Gasteiger partial charge in [-0.05, 0) is 26.3 Å². The Morgan fingerprint density at radius 1 is 1.28 bits per heavy atom. The highest BCUT2D eigenvalue weighted by Crippen LogP contribution is 2.18. The normalized spacial score (nSPS) is 11.0. The Balaban J connectivity index is 1.65. The van der Waals surface area contributed by atoms with E-state index in [-0.39, 0.29) is 5.91 Å². The number of carbonyl (C=O) groups excluding carboxylic acids is 1. The highest BCUT2D eigenvalue weighted by Gasteiger charge is 2.14. The maximum Gasteiger partial charge on any atom is 0.254 e. The van der Waals surface area contributed by atoms with Crippen LogP contribution in [-0.2, 0) is 6.54 Å². The van der Waals surface area contributed by atoms with Gasteiger partial charge in [0.05, 0.1) is 23.7 Å². The zero-order valence-corrected chi connectivity index (χ0v) is 14.7. The van der Waals surface area contributed by atoms with E-state index in [1.54, 1.807) is 23.9 Å². The number of carbonyl (C=O) groups is 1.